The fourth-order valence-electron chi connectivity index (χ4n) is 1.01. The van der Waals surface area contributed by atoms with Gasteiger partial charge in [0, 0.05) is 10.0 Å². The minimum absolute atomic E-state index is 0.376. The summed E-state index contributed by atoms with van der Waals surface area (Å²) >= 11 is 11.7. The van der Waals surface area contributed by atoms with Crippen molar-refractivity contribution in [3.8, 4) is 0 Å². The highest BCUT2D eigenvalue weighted by Crippen LogP contribution is 2.22. The van der Waals surface area contributed by atoms with E-state index in [1.54, 1.807) is 24.3 Å². The van der Waals surface area contributed by atoms with Crippen LogP contribution in [0.5, 0.6) is 0 Å². The number of hydrogen-bond acceptors (Lipinski definition) is 2. The van der Waals surface area contributed by atoms with Gasteiger partial charge in [0.05, 0.1) is 0 Å². The molecule has 86 valence electrons. The van der Waals surface area contributed by atoms with E-state index in [9.17, 15) is 9.90 Å². The first kappa shape index (κ1) is 13.2. The Kier molecular flexibility index (Phi) is 4.14. The van der Waals surface area contributed by atoms with Gasteiger partial charge in [-0.3, -0.25) is 4.79 Å². The van der Waals surface area contributed by atoms with E-state index in [-0.39, 0.29) is 5.78 Å². The molecular weight excluding hydrogens is 247 g/mol. The molecule has 2 nitrogen and oxygen atoms in total. The topological polar surface area (TPSA) is 37.3 Å². The van der Waals surface area contributed by atoms with Crippen LogP contribution in [0.15, 0.2) is 24.3 Å². The second kappa shape index (κ2) is 5.00. The molecule has 1 rings (SSSR count). The van der Waals surface area contributed by atoms with E-state index in [0.717, 1.165) is 0 Å². The summed E-state index contributed by atoms with van der Waals surface area (Å²) in [6.07, 6.45) is 2.86. The maximum absolute atomic E-state index is 11.4. The third kappa shape index (κ3) is 3.63. The van der Waals surface area contributed by atoms with E-state index in [1.807, 2.05) is 0 Å². The summed E-state index contributed by atoms with van der Waals surface area (Å²) in [6, 6.07) is 4.98. The van der Waals surface area contributed by atoms with Crippen molar-refractivity contribution >= 4 is 35.1 Å². The zero-order valence-corrected chi connectivity index (χ0v) is 10.5. The Morgan fingerprint density at radius 1 is 1.38 bits per heavy atom. The molecule has 1 aromatic carbocycles. The van der Waals surface area contributed by atoms with Gasteiger partial charge in [-0.25, -0.2) is 0 Å². The van der Waals surface area contributed by atoms with Crippen molar-refractivity contribution in [1.29, 1.82) is 0 Å². The van der Waals surface area contributed by atoms with Crippen molar-refractivity contribution in [2.45, 2.75) is 19.4 Å². The van der Waals surface area contributed by atoms with Gasteiger partial charge in [0.15, 0.2) is 5.78 Å². The summed E-state index contributed by atoms with van der Waals surface area (Å²) in [5, 5.41) is 10.4. The van der Waals surface area contributed by atoms with E-state index >= 15 is 0 Å². The van der Waals surface area contributed by atoms with Crippen LogP contribution in [0.25, 0.3) is 6.08 Å². The number of carbonyl (C=O) groups is 1. The fourth-order valence-corrected chi connectivity index (χ4v) is 1.48. The zero-order valence-electron chi connectivity index (χ0n) is 9.00. The summed E-state index contributed by atoms with van der Waals surface area (Å²) in [5.41, 5.74) is -0.682. The lowest BCUT2D eigenvalue weighted by atomic mass is 10.0. The first-order valence-corrected chi connectivity index (χ1v) is 5.46. The Balaban J connectivity index is 2.89. The molecule has 0 unspecified atom stereocenters. The number of halogens is 2. The van der Waals surface area contributed by atoms with Crippen LogP contribution in [-0.4, -0.2) is 16.5 Å². The van der Waals surface area contributed by atoms with Crippen LogP contribution in [-0.2, 0) is 4.79 Å². The molecule has 0 saturated carbocycles. The third-order valence-electron chi connectivity index (χ3n) is 1.98. The van der Waals surface area contributed by atoms with Gasteiger partial charge in [0.25, 0.3) is 0 Å². The molecule has 16 heavy (non-hydrogen) atoms. The second-order valence-corrected chi connectivity index (χ2v) is 4.77. The lowest BCUT2D eigenvalue weighted by molar-refractivity contribution is -0.128. The Hall–Kier alpha value is -0.830. The maximum atomic E-state index is 11.4. The Morgan fingerprint density at radius 2 is 2.00 bits per heavy atom. The smallest absolute Gasteiger partial charge is 0.186 e. The molecule has 0 heterocycles. The SMILES string of the molecule is CC(C)(O)C(=O)C=Cc1ccc(Cl)cc1Cl. The van der Waals surface area contributed by atoms with Crippen molar-refractivity contribution in [3.63, 3.8) is 0 Å². The average Bonchev–Trinajstić information content (AvgIpc) is 2.14. The Labute approximate surface area is 104 Å². The maximum Gasteiger partial charge on any atom is 0.186 e. The van der Waals surface area contributed by atoms with Crippen molar-refractivity contribution < 1.29 is 9.90 Å². The molecule has 0 aromatic heterocycles. The number of rotatable bonds is 3. The van der Waals surface area contributed by atoms with Crippen molar-refractivity contribution in [2.75, 3.05) is 0 Å². The minimum Gasteiger partial charge on any atom is -0.382 e. The van der Waals surface area contributed by atoms with Crippen LogP contribution in [0.2, 0.25) is 10.0 Å². The molecule has 0 amide bonds. The summed E-state index contributed by atoms with van der Waals surface area (Å²) in [7, 11) is 0. The lowest BCUT2D eigenvalue weighted by Crippen LogP contribution is -2.29. The monoisotopic (exact) mass is 258 g/mol. The highest BCUT2D eigenvalue weighted by Gasteiger charge is 2.20. The molecule has 4 heteroatoms. The van der Waals surface area contributed by atoms with E-state index in [1.165, 1.54) is 19.9 Å². The fraction of sp³-hybridized carbons (Fsp3) is 0.250. The first-order chi connectivity index (χ1) is 7.30. The predicted octanol–water partition coefficient (Wildman–Crippen LogP) is 3.35. The van der Waals surface area contributed by atoms with Gasteiger partial charge in [-0.2, -0.15) is 0 Å². The van der Waals surface area contributed by atoms with Crippen LogP contribution < -0.4 is 0 Å². The van der Waals surface area contributed by atoms with Gasteiger partial charge < -0.3 is 5.11 Å². The molecule has 0 spiro atoms. The quantitative estimate of drug-likeness (QED) is 0.845. The van der Waals surface area contributed by atoms with Crippen LogP contribution >= 0.6 is 23.2 Å². The molecule has 1 aromatic rings. The summed E-state index contributed by atoms with van der Waals surface area (Å²) < 4.78 is 0. The molecule has 0 radical (unpaired) electrons. The second-order valence-electron chi connectivity index (χ2n) is 3.92. The molecule has 0 bridgehead atoms. The van der Waals surface area contributed by atoms with E-state index in [4.69, 9.17) is 23.2 Å². The highest BCUT2D eigenvalue weighted by atomic mass is 35.5. The summed E-state index contributed by atoms with van der Waals surface area (Å²) in [5.74, 6) is -0.376. The van der Waals surface area contributed by atoms with E-state index in [0.29, 0.717) is 15.6 Å². The van der Waals surface area contributed by atoms with Crippen LogP contribution in [0.4, 0.5) is 0 Å². The number of aliphatic hydroxyl groups is 1. The number of benzene rings is 1. The van der Waals surface area contributed by atoms with Gasteiger partial charge in [-0.05, 0) is 43.7 Å². The average molecular weight is 259 g/mol. The lowest BCUT2D eigenvalue weighted by Gasteiger charge is -2.11. The molecular formula is C12H12Cl2O2. The van der Waals surface area contributed by atoms with Crippen molar-refractivity contribution in [1.82, 2.24) is 0 Å². The largest absolute Gasteiger partial charge is 0.382 e. The molecule has 0 aliphatic carbocycles. The first-order valence-electron chi connectivity index (χ1n) is 4.70. The molecule has 1 N–H and O–H groups in total. The third-order valence-corrected chi connectivity index (χ3v) is 2.54. The van der Waals surface area contributed by atoms with Gasteiger partial charge in [0.1, 0.15) is 5.60 Å². The molecule has 0 atom stereocenters. The van der Waals surface area contributed by atoms with Crippen molar-refractivity contribution in [3.05, 3.63) is 39.9 Å². The van der Waals surface area contributed by atoms with Gasteiger partial charge in [-0.1, -0.05) is 29.3 Å². The molecule has 0 fully saturated rings. The number of carbonyl (C=O) groups excluding carboxylic acids is 1. The van der Waals surface area contributed by atoms with Crippen LogP contribution in [0.1, 0.15) is 19.4 Å². The number of ketones is 1. The van der Waals surface area contributed by atoms with E-state index < -0.39 is 5.60 Å². The van der Waals surface area contributed by atoms with Gasteiger partial charge in [0.2, 0.25) is 0 Å². The van der Waals surface area contributed by atoms with E-state index in [2.05, 4.69) is 0 Å². The normalized spacial score (nSPS) is 12.1. The highest BCUT2D eigenvalue weighted by molar-refractivity contribution is 6.35. The van der Waals surface area contributed by atoms with Gasteiger partial charge in [-0.15, -0.1) is 0 Å². The Morgan fingerprint density at radius 3 is 2.50 bits per heavy atom. The van der Waals surface area contributed by atoms with Gasteiger partial charge >= 0.3 is 0 Å². The molecule has 0 saturated heterocycles. The number of hydrogen-bond donors (Lipinski definition) is 1. The summed E-state index contributed by atoms with van der Waals surface area (Å²) in [4.78, 5) is 11.4. The molecule has 0 aliphatic rings. The van der Waals surface area contributed by atoms with Crippen LogP contribution in [0, 0.1) is 0 Å². The Bertz CT molecular complexity index is 431. The van der Waals surface area contributed by atoms with Crippen LogP contribution in [0.3, 0.4) is 0 Å². The zero-order chi connectivity index (χ0) is 12.3. The minimum atomic E-state index is -1.37. The standard InChI is InChI=1S/C12H12Cl2O2/c1-12(2,16)11(15)6-4-8-3-5-9(13)7-10(8)14/h3-7,16H,1-2H3. The summed E-state index contributed by atoms with van der Waals surface area (Å²) in [6.45, 7) is 2.87. The van der Waals surface area contributed by atoms with Crippen molar-refractivity contribution in [2.24, 2.45) is 0 Å². The molecule has 0 aliphatic heterocycles. The predicted molar refractivity (Wildman–Crippen MR) is 66.8 cm³/mol.